The third kappa shape index (κ3) is 6.77. The van der Waals surface area contributed by atoms with Crippen molar-refractivity contribution in [2.45, 2.75) is 32.5 Å². The Labute approximate surface area is 111 Å². The van der Waals surface area contributed by atoms with Gasteiger partial charge in [0, 0.05) is 26.2 Å². The number of halogens is 3. The molecule has 19 heavy (non-hydrogen) atoms. The summed E-state index contributed by atoms with van der Waals surface area (Å²) in [6, 6.07) is 0. The first-order chi connectivity index (χ1) is 8.57. The van der Waals surface area contributed by atoms with Gasteiger partial charge < -0.3 is 9.64 Å². The molecule has 0 radical (unpaired) electrons. The van der Waals surface area contributed by atoms with Crippen LogP contribution in [0.1, 0.15) is 20.8 Å². The maximum atomic E-state index is 12.2. The monoisotopic (exact) mass is 282 g/mol. The summed E-state index contributed by atoms with van der Waals surface area (Å²) in [5, 5.41) is 0. The summed E-state index contributed by atoms with van der Waals surface area (Å²) in [5.74, 6) is -0.165. The Balaban J connectivity index is 2.31. The van der Waals surface area contributed by atoms with Gasteiger partial charge in [-0.05, 0) is 20.8 Å². The van der Waals surface area contributed by atoms with Crippen LogP contribution in [0.3, 0.4) is 0 Å². The van der Waals surface area contributed by atoms with Crippen LogP contribution in [0, 0.1) is 0 Å². The standard InChI is InChI=1S/C12H21F3N2O2/c1-11(2,3)19-8-10(18)17-6-4-16(5-7-17)9-12(13,14)15/h4-9H2,1-3H3. The van der Waals surface area contributed by atoms with E-state index in [2.05, 4.69) is 0 Å². The molecule has 1 saturated heterocycles. The lowest BCUT2D eigenvalue weighted by molar-refractivity contribution is -0.154. The van der Waals surface area contributed by atoms with Crippen molar-refractivity contribution in [1.82, 2.24) is 9.80 Å². The Morgan fingerprint density at radius 1 is 1.11 bits per heavy atom. The molecule has 1 aliphatic rings. The molecule has 1 aliphatic heterocycles. The second kappa shape index (κ2) is 6.09. The van der Waals surface area contributed by atoms with Crippen LogP contribution in [-0.2, 0) is 9.53 Å². The minimum absolute atomic E-state index is 0.0250. The fourth-order valence-corrected chi connectivity index (χ4v) is 1.78. The van der Waals surface area contributed by atoms with Gasteiger partial charge in [0.25, 0.3) is 0 Å². The number of rotatable bonds is 3. The molecule has 0 spiro atoms. The summed E-state index contributed by atoms with van der Waals surface area (Å²) in [6.45, 7) is 5.76. The highest BCUT2D eigenvalue weighted by molar-refractivity contribution is 5.77. The zero-order chi connectivity index (χ0) is 14.7. The summed E-state index contributed by atoms with van der Waals surface area (Å²) in [7, 11) is 0. The van der Waals surface area contributed by atoms with Crippen LogP contribution in [0.2, 0.25) is 0 Å². The summed E-state index contributed by atoms with van der Waals surface area (Å²) >= 11 is 0. The largest absolute Gasteiger partial charge is 0.401 e. The first kappa shape index (κ1) is 16.2. The van der Waals surface area contributed by atoms with E-state index in [1.165, 1.54) is 4.90 Å². The van der Waals surface area contributed by atoms with E-state index in [0.717, 1.165) is 0 Å². The molecule has 0 aromatic rings. The first-order valence-electron chi connectivity index (χ1n) is 6.28. The lowest BCUT2D eigenvalue weighted by atomic mass is 10.2. The van der Waals surface area contributed by atoms with Gasteiger partial charge >= 0.3 is 6.18 Å². The molecule has 0 aromatic heterocycles. The number of carbonyl (C=O) groups excluding carboxylic acids is 1. The Morgan fingerprint density at radius 3 is 2.05 bits per heavy atom. The van der Waals surface area contributed by atoms with Gasteiger partial charge in [-0.1, -0.05) is 0 Å². The van der Waals surface area contributed by atoms with Crippen LogP contribution in [-0.4, -0.2) is 66.8 Å². The zero-order valence-corrected chi connectivity index (χ0v) is 11.6. The molecule has 0 aliphatic carbocycles. The second-order valence-corrected chi connectivity index (χ2v) is 5.67. The van der Waals surface area contributed by atoms with E-state index in [-0.39, 0.29) is 25.6 Å². The molecule has 7 heteroatoms. The van der Waals surface area contributed by atoms with Gasteiger partial charge in [0.1, 0.15) is 6.61 Å². The van der Waals surface area contributed by atoms with Gasteiger partial charge in [-0.15, -0.1) is 0 Å². The first-order valence-corrected chi connectivity index (χ1v) is 6.28. The fraction of sp³-hybridized carbons (Fsp3) is 0.917. The zero-order valence-electron chi connectivity index (χ0n) is 11.6. The highest BCUT2D eigenvalue weighted by Crippen LogP contribution is 2.17. The molecule has 0 atom stereocenters. The number of hydrogen-bond donors (Lipinski definition) is 0. The van der Waals surface area contributed by atoms with Crippen LogP contribution in [0.25, 0.3) is 0 Å². The van der Waals surface area contributed by atoms with Crippen molar-refractivity contribution in [1.29, 1.82) is 0 Å². The average molecular weight is 282 g/mol. The highest BCUT2D eigenvalue weighted by atomic mass is 19.4. The third-order valence-electron chi connectivity index (χ3n) is 2.76. The predicted octanol–water partition coefficient (Wildman–Crippen LogP) is 1.51. The Morgan fingerprint density at radius 2 is 1.63 bits per heavy atom. The minimum atomic E-state index is -4.18. The lowest BCUT2D eigenvalue weighted by Crippen LogP contribution is -2.52. The van der Waals surface area contributed by atoms with Crippen LogP contribution in [0.15, 0.2) is 0 Å². The smallest absolute Gasteiger partial charge is 0.366 e. The van der Waals surface area contributed by atoms with Crippen molar-refractivity contribution in [3.8, 4) is 0 Å². The maximum absolute atomic E-state index is 12.2. The molecule has 0 saturated carbocycles. The summed E-state index contributed by atoms with van der Waals surface area (Å²) in [6.07, 6.45) is -4.18. The van der Waals surface area contributed by atoms with Gasteiger partial charge in [-0.25, -0.2) is 0 Å². The van der Waals surface area contributed by atoms with Gasteiger partial charge in [0.05, 0.1) is 12.1 Å². The van der Waals surface area contributed by atoms with Crippen LogP contribution < -0.4 is 0 Å². The molecular formula is C12H21F3N2O2. The quantitative estimate of drug-likeness (QED) is 0.786. The van der Waals surface area contributed by atoms with E-state index < -0.39 is 18.3 Å². The van der Waals surface area contributed by atoms with Crippen molar-refractivity contribution in [3.63, 3.8) is 0 Å². The normalized spacial score (nSPS) is 18.7. The second-order valence-electron chi connectivity index (χ2n) is 5.67. The molecule has 112 valence electrons. The number of nitrogens with zero attached hydrogens (tertiary/aromatic N) is 2. The number of carbonyl (C=O) groups is 1. The fourth-order valence-electron chi connectivity index (χ4n) is 1.78. The minimum Gasteiger partial charge on any atom is -0.366 e. The van der Waals surface area contributed by atoms with Crippen molar-refractivity contribution < 1.29 is 22.7 Å². The van der Waals surface area contributed by atoms with Crippen molar-refractivity contribution in [2.75, 3.05) is 39.3 Å². The number of alkyl halides is 3. The molecule has 1 heterocycles. The topological polar surface area (TPSA) is 32.8 Å². The summed E-state index contributed by atoms with van der Waals surface area (Å²) in [4.78, 5) is 14.7. The van der Waals surface area contributed by atoms with E-state index in [1.807, 2.05) is 20.8 Å². The van der Waals surface area contributed by atoms with Gasteiger partial charge in [-0.2, -0.15) is 13.2 Å². The molecule has 1 rings (SSSR count). The molecule has 1 amide bonds. The van der Waals surface area contributed by atoms with Crippen molar-refractivity contribution in [3.05, 3.63) is 0 Å². The Bertz CT molecular complexity index is 305. The van der Waals surface area contributed by atoms with Crippen molar-refractivity contribution >= 4 is 5.91 Å². The van der Waals surface area contributed by atoms with Crippen molar-refractivity contribution in [2.24, 2.45) is 0 Å². The van der Waals surface area contributed by atoms with E-state index in [0.29, 0.717) is 13.1 Å². The van der Waals surface area contributed by atoms with Gasteiger partial charge in [0.2, 0.25) is 5.91 Å². The maximum Gasteiger partial charge on any atom is 0.401 e. The summed E-state index contributed by atoms with van der Waals surface area (Å²) in [5.41, 5.74) is -0.395. The van der Waals surface area contributed by atoms with Gasteiger partial charge in [-0.3, -0.25) is 9.69 Å². The number of amides is 1. The predicted molar refractivity (Wildman–Crippen MR) is 64.8 cm³/mol. The van der Waals surface area contributed by atoms with Crippen LogP contribution >= 0.6 is 0 Å². The highest BCUT2D eigenvalue weighted by Gasteiger charge is 2.32. The van der Waals surface area contributed by atoms with Crippen LogP contribution in [0.4, 0.5) is 13.2 Å². The van der Waals surface area contributed by atoms with Gasteiger partial charge in [0.15, 0.2) is 0 Å². The third-order valence-corrected chi connectivity index (χ3v) is 2.76. The average Bonchev–Trinajstić information content (AvgIpc) is 2.23. The summed E-state index contributed by atoms with van der Waals surface area (Å²) < 4.78 is 42.0. The number of ether oxygens (including phenoxy) is 1. The number of hydrogen-bond acceptors (Lipinski definition) is 3. The molecule has 0 N–H and O–H groups in total. The van der Waals surface area contributed by atoms with E-state index >= 15 is 0 Å². The molecule has 0 bridgehead atoms. The van der Waals surface area contributed by atoms with E-state index in [9.17, 15) is 18.0 Å². The Kier molecular flexibility index (Phi) is 5.20. The molecule has 0 aromatic carbocycles. The Hall–Kier alpha value is -0.820. The number of piperazine rings is 1. The lowest BCUT2D eigenvalue weighted by Gasteiger charge is -2.35. The SMILES string of the molecule is CC(C)(C)OCC(=O)N1CCN(CC(F)(F)F)CC1. The van der Waals surface area contributed by atoms with E-state index in [4.69, 9.17) is 4.74 Å². The molecular weight excluding hydrogens is 261 g/mol. The van der Waals surface area contributed by atoms with E-state index in [1.54, 1.807) is 4.90 Å². The molecule has 1 fully saturated rings. The molecule has 4 nitrogen and oxygen atoms in total. The van der Waals surface area contributed by atoms with Crippen LogP contribution in [0.5, 0.6) is 0 Å². The molecule has 0 unspecified atom stereocenters.